The molecule has 1 amide bonds. The van der Waals surface area contributed by atoms with E-state index in [0.717, 1.165) is 10.2 Å². The van der Waals surface area contributed by atoms with Crippen LogP contribution >= 0.6 is 27.5 Å². The first-order valence-electron chi connectivity index (χ1n) is 6.58. The van der Waals surface area contributed by atoms with Crippen molar-refractivity contribution in [3.63, 3.8) is 0 Å². The highest BCUT2D eigenvalue weighted by atomic mass is 79.9. The minimum absolute atomic E-state index is 0.0733. The molecule has 0 fully saturated rings. The van der Waals surface area contributed by atoms with Crippen molar-refractivity contribution in [2.24, 2.45) is 0 Å². The number of carbonyl (C=O) groups excluding carboxylic acids is 1. The van der Waals surface area contributed by atoms with Gasteiger partial charge < -0.3 is 10.1 Å². The third-order valence-corrected chi connectivity index (χ3v) is 3.57. The lowest BCUT2D eigenvalue weighted by Crippen LogP contribution is -2.13. The molecule has 0 aromatic heterocycles. The van der Waals surface area contributed by atoms with E-state index in [1.54, 1.807) is 12.1 Å². The van der Waals surface area contributed by atoms with E-state index in [4.69, 9.17) is 16.3 Å². The quantitative estimate of drug-likeness (QED) is 0.736. The lowest BCUT2D eigenvalue weighted by Gasteiger charge is -2.08. The Morgan fingerprint density at radius 3 is 2.67 bits per heavy atom. The lowest BCUT2D eigenvalue weighted by atomic mass is 10.2. The number of para-hydroxylation sites is 1. The Morgan fingerprint density at radius 1 is 1.19 bits per heavy atom. The Hall–Kier alpha value is -1.52. The van der Waals surface area contributed by atoms with Gasteiger partial charge >= 0.3 is 0 Å². The number of carbonyl (C=O) groups is 1. The van der Waals surface area contributed by atoms with Gasteiger partial charge in [-0.3, -0.25) is 4.79 Å². The second-order valence-electron chi connectivity index (χ2n) is 4.44. The number of nitrogens with one attached hydrogen (secondary N) is 1. The summed E-state index contributed by atoms with van der Waals surface area (Å²) >= 11 is 9.37. The summed E-state index contributed by atoms with van der Waals surface area (Å²) in [6, 6.07) is 14.9. The van der Waals surface area contributed by atoms with Crippen molar-refractivity contribution in [3.05, 3.63) is 58.0 Å². The van der Waals surface area contributed by atoms with Gasteiger partial charge in [0.2, 0.25) is 5.91 Å². The Labute approximate surface area is 137 Å². The zero-order valence-corrected chi connectivity index (χ0v) is 13.7. The summed E-state index contributed by atoms with van der Waals surface area (Å²) < 4.78 is 6.41. The molecule has 0 radical (unpaired) electrons. The number of rotatable bonds is 6. The van der Waals surface area contributed by atoms with Crippen LogP contribution in [0, 0.1) is 0 Å². The average molecular weight is 369 g/mol. The molecule has 0 heterocycles. The Kier molecular flexibility index (Phi) is 6.08. The number of amides is 1. The zero-order chi connectivity index (χ0) is 15.1. The van der Waals surface area contributed by atoms with Gasteiger partial charge in [0, 0.05) is 10.9 Å². The van der Waals surface area contributed by atoms with Gasteiger partial charge in [-0.25, -0.2) is 0 Å². The molecule has 0 saturated heterocycles. The molecule has 0 unspecified atom stereocenters. The third kappa shape index (κ3) is 5.40. The summed E-state index contributed by atoms with van der Waals surface area (Å²) in [5.74, 6) is 0.741. The average Bonchev–Trinajstić information content (AvgIpc) is 2.48. The normalized spacial score (nSPS) is 10.2. The van der Waals surface area contributed by atoms with Crippen LogP contribution in [0.2, 0.25) is 5.02 Å². The monoisotopic (exact) mass is 367 g/mol. The predicted molar refractivity (Wildman–Crippen MR) is 89.0 cm³/mol. The van der Waals surface area contributed by atoms with E-state index >= 15 is 0 Å². The Balaban J connectivity index is 1.72. The van der Waals surface area contributed by atoms with Gasteiger partial charge in [0.1, 0.15) is 5.75 Å². The summed E-state index contributed by atoms with van der Waals surface area (Å²) in [6.07, 6.45) is 1.04. The Bertz CT molecular complexity index is 604. The standard InChI is InChI=1S/C16H15BrClNO2/c17-12-8-9-15(14(18)11-12)19-16(20)7-4-10-21-13-5-2-1-3-6-13/h1-3,5-6,8-9,11H,4,7,10H2,(H,19,20). The molecule has 5 heteroatoms. The van der Waals surface area contributed by atoms with Crippen LogP contribution in [0.4, 0.5) is 5.69 Å². The van der Waals surface area contributed by atoms with Crippen LogP contribution in [0.15, 0.2) is 53.0 Å². The highest BCUT2D eigenvalue weighted by Gasteiger charge is 2.06. The number of hydrogen-bond acceptors (Lipinski definition) is 2. The molecular formula is C16H15BrClNO2. The molecule has 1 N–H and O–H groups in total. The first-order valence-corrected chi connectivity index (χ1v) is 7.75. The highest BCUT2D eigenvalue weighted by molar-refractivity contribution is 9.10. The first-order chi connectivity index (χ1) is 10.1. The molecule has 0 aliphatic heterocycles. The van der Waals surface area contributed by atoms with E-state index in [9.17, 15) is 4.79 Å². The molecule has 0 spiro atoms. The minimum atomic E-state index is -0.0733. The van der Waals surface area contributed by atoms with Gasteiger partial charge in [0.25, 0.3) is 0 Å². The molecule has 2 aromatic carbocycles. The van der Waals surface area contributed by atoms with Crippen LogP contribution in [-0.2, 0) is 4.79 Å². The molecule has 0 saturated carbocycles. The Morgan fingerprint density at radius 2 is 1.95 bits per heavy atom. The summed E-state index contributed by atoms with van der Waals surface area (Å²) in [7, 11) is 0. The maximum atomic E-state index is 11.8. The summed E-state index contributed by atoms with van der Waals surface area (Å²) in [4.78, 5) is 11.8. The molecule has 0 aliphatic rings. The van der Waals surface area contributed by atoms with Crippen LogP contribution in [-0.4, -0.2) is 12.5 Å². The van der Waals surface area contributed by atoms with Crippen molar-refractivity contribution >= 4 is 39.1 Å². The van der Waals surface area contributed by atoms with Crippen molar-refractivity contribution in [2.45, 2.75) is 12.8 Å². The smallest absolute Gasteiger partial charge is 0.224 e. The molecule has 110 valence electrons. The maximum absolute atomic E-state index is 11.8. The maximum Gasteiger partial charge on any atom is 0.224 e. The van der Waals surface area contributed by atoms with Crippen LogP contribution in [0.25, 0.3) is 0 Å². The van der Waals surface area contributed by atoms with Crippen LogP contribution in [0.5, 0.6) is 5.75 Å². The van der Waals surface area contributed by atoms with Crippen molar-refractivity contribution < 1.29 is 9.53 Å². The van der Waals surface area contributed by atoms with Crippen molar-refractivity contribution in [1.29, 1.82) is 0 Å². The van der Waals surface area contributed by atoms with Gasteiger partial charge in [-0.2, -0.15) is 0 Å². The lowest BCUT2D eigenvalue weighted by molar-refractivity contribution is -0.116. The predicted octanol–water partition coefficient (Wildman–Crippen LogP) is 4.90. The number of ether oxygens (including phenoxy) is 1. The fraction of sp³-hybridized carbons (Fsp3) is 0.188. The summed E-state index contributed by atoms with van der Waals surface area (Å²) in [5.41, 5.74) is 0.619. The van der Waals surface area contributed by atoms with Gasteiger partial charge in [-0.05, 0) is 36.8 Å². The minimum Gasteiger partial charge on any atom is -0.494 e. The number of halogens is 2. The van der Waals surface area contributed by atoms with Crippen LogP contribution < -0.4 is 10.1 Å². The van der Waals surface area contributed by atoms with E-state index in [-0.39, 0.29) is 5.91 Å². The van der Waals surface area contributed by atoms with E-state index in [0.29, 0.717) is 30.2 Å². The van der Waals surface area contributed by atoms with E-state index in [1.807, 2.05) is 36.4 Å². The largest absolute Gasteiger partial charge is 0.494 e. The van der Waals surface area contributed by atoms with Crippen LogP contribution in [0.3, 0.4) is 0 Å². The van der Waals surface area contributed by atoms with Gasteiger partial charge in [0.05, 0.1) is 17.3 Å². The zero-order valence-electron chi connectivity index (χ0n) is 11.3. The van der Waals surface area contributed by atoms with E-state index in [1.165, 1.54) is 0 Å². The molecule has 2 rings (SSSR count). The topological polar surface area (TPSA) is 38.3 Å². The molecule has 21 heavy (non-hydrogen) atoms. The fourth-order valence-electron chi connectivity index (χ4n) is 1.74. The van der Waals surface area contributed by atoms with E-state index < -0.39 is 0 Å². The molecule has 0 aliphatic carbocycles. The molecular weight excluding hydrogens is 354 g/mol. The molecule has 0 bridgehead atoms. The van der Waals surface area contributed by atoms with E-state index in [2.05, 4.69) is 21.2 Å². The number of anilines is 1. The second-order valence-corrected chi connectivity index (χ2v) is 5.76. The summed E-state index contributed by atoms with van der Waals surface area (Å²) in [6.45, 7) is 0.505. The number of benzene rings is 2. The third-order valence-electron chi connectivity index (χ3n) is 2.77. The van der Waals surface area contributed by atoms with Crippen LogP contribution in [0.1, 0.15) is 12.8 Å². The van der Waals surface area contributed by atoms with Gasteiger partial charge in [-0.15, -0.1) is 0 Å². The van der Waals surface area contributed by atoms with Crippen molar-refractivity contribution in [1.82, 2.24) is 0 Å². The van der Waals surface area contributed by atoms with Crippen molar-refractivity contribution in [2.75, 3.05) is 11.9 Å². The number of hydrogen-bond donors (Lipinski definition) is 1. The molecule has 3 nitrogen and oxygen atoms in total. The SMILES string of the molecule is O=C(CCCOc1ccccc1)Nc1ccc(Br)cc1Cl. The second kappa shape index (κ2) is 8.05. The molecule has 2 aromatic rings. The van der Waals surface area contributed by atoms with Crippen molar-refractivity contribution in [3.8, 4) is 5.75 Å². The first kappa shape index (κ1) is 15.9. The fourth-order valence-corrected chi connectivity index (χ4v) is 2.46. The molecule has 0 atom stereocenters. The highest BCUT2D eigenvalue weighted by Crippen LogP contribution is 2.25. The van der Waals surface area contributed by atoms with Gasteiger partial charge in [0.15, 0.2) is 0 Å². The summed E-state index contributed by atoms with van der Waals surface area (Å²) in [5, 5.41) is 3.30. The van der Waals surface area contributed by atoms with Gasteiger partial charge in [-0.1, -0.05) is 45.7 Å².